The standard InChI is InChI=1S/C47H92N2O5/c1-6-9-12-15-17-26-33-43-53-46(51)38-29-22-18-24-31-40-49(42-34-37-45(50)48(4)5)41-32-25-19-23-30-39-47(52)54-44(35-27-20-14-11-8-3)36-28-21-16-13-10-7-2/h44H,6-43H2,1-5H3. The van der Waals surface area contributed by atoms with Gasteiger partial charge in [-0.3, -0.25) is 14.4 Å². The molecule has 0 saturated carbocycles. The SMILES string of the molecule is CCCCCCCCCOC(=O)CCCCCCCN(CCCCCCCC(=O)OC(CCCCCCC)CCCCCCCC)CCCC(=O)N(C)C. The van der Waals surface area contributed by atoms with Gasteiger partial charge in [0.15, 0.2) is 0 Å². The van der Waals surface area contributed by atoms with Crippen molar-refractivity contribution in [3.05, 3.63) is 0 Å². The largest absolute Gasteiger partial charge is 0.466 e. The van der Waals surface area contributed by atoms with E-state index in [1.54, 1.807) is 4.90 Å². The van der Waals surface area contributed by atoms with E-state index in [1.165, 1.54) is 116 Å². The molecule has 0 aromatic rings. The normalized spacial score (nSPS) is 12.0. The number of carbonyl (C=O) groups is 3. The van der Waals surface area contributed by atoms with E-state index in [0.29, 0.717) is 25.9 Å². The van der Waals surface area contributed by atoms with E-state index in [4.69, 9.17) is 9.47 Å². The van der Waals surface area contributed by atoms with Crippen LogP contribution in [0.15, 0.2) is 0 Å². The zero-order chi connectivity index (χ0) is 39.7. The lowest BCUT2D eigenvalue weighted by Crippen LogP contribution is -2.29. The number of ether oxygens (including phenoxy) is 2. The molecule has 0 aromatic heterocycles. The summed E-state index contributed by atoms with van der Waals surface area (Å²) in [4.78, 5) is 41.2. The summed E-state index contributed by atoms with van der Waals surface area (Å²) in [5, 5.41) is 0. The van der Waals surface area contributed by atoms with Crippen molar-refractivity contribution in [3.8, 4) is 0 Å². The Labute approximate surface area is 336 Å². The minimum atomic E-state index is -0.0321. The van der Waals surface area contributed by atoms with Crippen molar-refractivity contribution in [3.63, 3.8) is 0 Å². The molecule has 0 heterocycles. The predicted molar refractivity (Wildman–Crippen MR) is 230 cm³/mol. The van der Waals surface area contributed by atoms with Crippen molar-refractivity contribution in [1.29, 1.82) is 0 Å². The first-order valence-corrected chi connectivity index (χ1v) is 23.6. The van der Waals surface area contributed by atoms with Crippen LogP contribution in [0, 0.1) is 0 Å². The van der Waals surface area contributed by atoms with Gasteiger partial charge in [0.1, 0.15) is 6.10 Å². The molecule has 0 spiro atoms. The van der Waals surface area contributed by atoms with E-state index in [1.807, 2.05) is 14.1 Å². The van der Waals surface area contributed by atoms with Crippen LogP contribution in [0.5, 0.6) is 0 Å². The number of hydrogen-bond acceptors (Lipinski definition) is 6. The second kappa shape index (κ2) is 41.0. The quantitative estimate of drug-likeness (QED) is 0.0455. The fraction of sp³-hybridized carbons (Fsp3) is 0.936. The van der Waals surface area contributed by atoms with Crippen LogP contribution in [0.4, 0.5) is 0 Å². The molecule has 0 aliphatic carbocycles. The first-order valence-electron chi connectivity index (χ1n) is 23.6. The Hall–Kier alpha value is -1.63. The highest BCUT2D eigenvalue weighted by atomic mass is 16.5. The molecule has 0 fully saturated rings. The van der Waals surface area contributed by atoms with Gasteiger partial charge >= 0.3 is 11.9 Å². The number of esters is 2. The maximum atomic E-state index is 12.8. The van der Waals surface area contributed by atoms with Gasteiger partial charge in [-0.2, -0.15) is 0 Å². The molecule has 7 heteroatoms. The van der Waals surface area contributed by atoms with E-state index in [2.05, 4.69) is 25.7 Å². The van der Waals surface area contributed by atoms with Gasteiger partial charge in [-0.1, -0.05) is 156 Å². The Kier molecular flexibility index (Phi) is 39.8. The van der Waals surface area contributed by atoms with Gasteiger partial charge in [-0.05, 0) is 83.8 Å². The van der Waals surface area contributed by atoms with Crippen LogP contribution in [0.25, 0.3) is 0 Å². The number of amides is 1. The third kappa shape index (κ3) is 37.3. The average molecular weight is 765 g/mol. The van der Waals surface area contributed by atoms with Gasteiger partial charge in [0.05, 0.1) is 6.61 Å². The molecule has 0 saturated heterocycles. The summed E-state index contributed by atoms with van der Waals surface area (Å²) in [6, 6.07) is 0. The molecule has 0 aliphatic heterocycles. The van der Waals surface area contributed by atoms with Gasteiger partial charge in [-0.15, -0.1) is 0 Å². The molecule has 7 nitrogen and oxygen atoms in total. The Morgan fingerprint density at radius 3 is 1.30 bits per heavy atom. The minimum absolute atomic E-state index is 0.0109. The summed E-state index contributed by atoms with van der Waals surface area (Å²) < 4.78 is 11.5. The summed E-state index contributed by atoms with van der Waals surface area (Å²) >= 11 is 0. The first kappa shape index (κ1) is 52.4. The molecule has 0 rings (SSSR count). The van der Waals surface area contributed by atoms with Crippen molar-refractivity contribution >= 4 is 17.8 Å². The van der Waals surface area contributed by atoms with Crippen LogP contribution in [-0.4, -0.2) is 74.1 Å². The highest BCUT2D eigenvalue weighted by Gasteiger charge is 2.15. The van der Waals surface area contributed by atoms with Crippen molar-refractivity contribution in [1.82, 2.24) is 9.80 Å². The van der Waals surface area contributed by atoms with Gasteiger partial charge in [0, 0.05) is 33.4 Å². The molecule has 1 unspecified atom stereocenters. The Bertz CT molecular complexity index is 835. The molecule has 54 heavy (non-hydrogen) atoms. The minimum Gasteiger partial charge on any atom is -0.466 e. The van der Waals surface area contributed by atoms with Crippen molar-refractivity contribution in [2.45, 2.75) is 245 Å². The average Bonchev–Trinajstić information content (AvgIpc) is 3.15. The summed E-state index contributed by atoms with van der Waals surface area (Å²) in [6.45, 7) is 10.4. The van der Waals surface area contributed by atoms with Crippen LogP contribution in [0.3, 0.4) is 0 Å². The zero-order valence-electron chi connectivity index (χ0n) is 36.9. The summed E-state index contributed by atoms with van der Waals surface area (Å²) in [7, 11) is 3.67. The van der Waals surface area contributed by atoms with E-state index in [9.17, 15) is 14.4 Å². The van der Waals surface area contributed by atoms with Gasteiger partial charge < -0.3 is 19.3 Å². The fourth-order valence-electron chi connectivity index (χ4n) is 7.24. The number of hydrogen-bond donors (Lipinski definition) is 0. The second-order valence-corrected chi connectivity index (χ2v) is 16.5. The van der Waals surface area contributed by atoms with Gasteiger partial charge in [0.2, 0.25) is 5.91 Å². The highest BCUT2D eigenvalue weighted by molar-refractivity contribution is 5.75. The molecule has 0 aromatic carbocycles. The van der Waals surface area contributed by atoms with Crippen molar-refractivity contribution in [2.75, 3.05) is 40.3 Å². The lowest BCUT2D eigenvalue weighted by atomic mass is 10.0. The van der Waals surface area contributed by atoms with Crippen molar-refractivity contribution < 1.29 is 23.9 Å². The molecular weight excluding hydrogens is 673 g/mol. The zero-order valence-corrected chi connectivity index (χ0v) is 36.9. The van der Waals surface area contributed by atoms with E-state index in [-0.39, 0.29) is 23.9 Å². The predicted octanol–water partition coefficient (Wildman–Crippen LogP) is 13.2. The van der Waals surface area contributed by atoms with Crippen LogP contribution in [-0.2, 0) is 23.9 Å². The van der Waals surface area contributed by atoms with Crippen LogP contribution >= 0.6 is 0 Å². The molecule has 0 N–H and O–H groups in total. The maximum absolute atomic E-state index is 12.8. The van der Waals surface area contributed by atoms with E-state index >= 15 is 0 Å². The van der Waals surface area contributed by atoms with Crippen molar-refractivity contribution in [2.24, 2.45) is 0 Å². The molecule has 0 bridgehead atoms. The molecule has 0 aliphatic rings. The molecule has 1 amide bonds. The number of unbranched alkanes of at least 4 members (excludes halogenated alkanes) is 23. The Morgan fingerprint density at radius 2 is 0.815 bits per heavy atom. The Balaban J connectivity index is 4.29. The molecular formula is C47H92N2O5. The third-order valence-corrected chi connectivity index (χ3v) is 10.9. The van der Waals surface area contributed by atoms with Crippen LogP contribution < -0.4 is 0 Å². The second-order valence-electron chi connectivity index (χ2n) is 16.5. The topological polar surface area (TPSA) is 76.1 Å². The third-order valence-electron chi connectivity index (χ3n) is 10.9. The van der Waals surface area contributed by atoms with Crippen LogP contribution in [0.2, 0.25) is 0 Å². The van der Waals surface area contributed by atoms with E-state index in [0.717, 1.165) is 103 Å². The lowest BCUT2D eigenvalue weighted by molar-refractivity contribution is -0.150. The van der Waals surface area contributed by atoms with Crippen LogP contribution in [0.1, 0.15) is 239 Å². The first-order chi connectivity index (χ1) is 26.3. The Morgan fingerprint density at radius 1 is 0.426 bits per heavy atom. The summed E-state index contributed by atoms with van der Waals surface area (Å²) in [5.74, 6) is 0.183. The van der Waals surface area contributed by atoms with E-state index < -0.39 is 0 Å². The molecule has 0 radical (unpaired) electrons. The fourth-order valence-corrected chi connectivity index (χ4v) is 7.24. The van der Waals surface area contributed by atoms with Gasteiger partial charge in [-0.25, -0.2) is 0 Å². The number of nitrogens with zero attached hydrogens (tertiary/aromatic N) is 2. The summed E-state index contributed by atoms with van der Waals surface area (Å²) in [5.41, 5.74) is 0. The maximum Gasteiger partial charge on any atom is 0.306 e. The highest BCUT2D eigenvalue weighted by Crippen LogP contribution is 2.18. The summed E-state index contributed by atoms with van der Waals surface area (Å²) in [6.07, 6.45) is 38.3. The smallest absolute Gasteiger partial charge is 0.306 e. The number of carbonyl (C=O) groups excluding carboxylic acids is 3. The molecule has 320 valence electrons. The lowest BCUT2D eigenvalue weighted by Gasteiger charge is -2.22. The van der Waals surface area contributed by atoms with Gasteiger partial charge in [0.25, 0.3) is 0 Å². The number of rotatable bonds is 42. The molecule has 1 atom stereocenters. The monoisotopic (exact) mass is 765 g/mol.